The highest BCUT2D eigenvalue weighted by molar-refractivity contribution is 7.14. The van der Waals surface area contributed by atoms with Crippen LogP contribution in [0.2, 0.25) is 0 Å². The van der Waals surface area contributed by atoms with Crippen LogP contribution in [-0.4, -0.2) is 159 Å². The Morgan fingerprint density at radius 3 is 2.14 bits per heavy atom. The highest BCUT2D eigenvalue weighted by Gasteiger charge is 2.34. The number of phenols is 1. The molecule has 29 heteroatoms. The number of phenolic OH excluding ortho intramolecular Hbond substituents is 1. The second kappa shape index (κ2) is 33.6. The molecule has 0 aliphatic carbocycles. The smallest absolute Gasteiger partial charge is 0.271 e. The topological polar surface area (TPSA) is 454 Å². The number of H-pyrrole nitrogens is 1. The molecule has 0 bridgehead atoms. The number of fused-ring (bicyclic) bond motifs is 1. The molecule has 0 radical (unpaired) electrons. The van der Waals surface area contributed by atoms with Crippen molar-refractivity contribution in [1.82, 2.24) is 67.5 Å². The highest BCUT2D eigenvalue weighted by atomic mass is 32.1. The van der Waals surface area contributed by atoms with E-state index in [1.165, 1.54) is 55.6 Å². The maximum Gasteiger partial charge on any atom is 0.271 e. The number of amides is 7. The number of para-hydroxylation sites is 1. The van der Waals surface area contributed by atoms with E-state index < -0.39 is 77.7 Å². The number of unbranched alkanes of at least 4 members (excludes halogenated alkanes) is 1. The summed E-state index contributed by atoms with van der Waals surface area (Å²) in [7, 11) is 0. The SMILES string of the molecule is Cc1c(N)nc([C@H](CC(N)=O)NC[C@H](N)C(N)=O)nc1C(=O)N[C@@H](Cc1c[nH]c2ccccc12)C(=O)N[C@H](C)[C@@H](O)[C@H](C)C(=O)N[C@@H](Cc1ccc(O)cc1)C(=O)NCCc1nc(-c2nc(C(=O)NCCCNCCCCNCCCN)cs2)cs1. The summed E-state index contributed by atoms with van der Waals surface area (Å²) >= 11 is 2.67. The zero-order valence-electron chi connectivity index (χ0n) is 48.5. The minimum atomic E-state index is -1.53. The van der Waals surface area contributed by atoms with Crippen molar-refractivity contribution in [2.45, 2.75) is 108 Å². The lowest BCUT2D eigenvalue weighted by Crippen LogP contribution is -2.56. The Morgan fingerprint density at radius 1 is 0.733 bits per heavy atom. The van der Waals surface area contributed by atoms with Gasteiger partial charge in [0, 0.05) is 78.7 Å². The van der Waals surface area contributed by atoms with Crippen molar-refractivity contribution < 1.29 is 43.8 Å². The Morgan fingerprint density at radius 2 is 1.43 bits per heavy atom. The van der Waals surface area contributed by atoms with Crippen LogP contribution in [0.15, 0.2) is 65.5 Å². The highest BCUT2D eigenvalue weighted by Crippen LogP contribution is 2.26. The van der Waals surface area contributed by atoms with Crippen molar-refractivity contribution >= 4 is 80.7 Å². The van der Waals surface area contributed by atoms with Crippen molar-refractivity contribution in [3.8, 4) is 16.5 Å². The lowest BCUT2D eigenvalue weighted by Gasteiger charge is -2.28. The molecule has 7 atom stereocenters. The third kappa shape index (κ3) is 20.3. The number of hydrogen-bond acceptors (Lipinski definition) is 21. The first-order valence-corrected chi connectivity index (χ1v) is 30.2. The molecule has 21 N–H and O–H groups in total. The number of benzene rings is 2. The predicted octanol–water partition coefficient (Wildman–Crippen LogP) is -0.190. The van der Waals surface area contributed by atoms with E-state index in [0.717, 1.165) is 62.8 Å². The van der Waals surface area contributed by atoms with Crippen LogP contribution in [0.3, 0.4) is 0 Å². The normalized spacial score (nSPS) is 13.8. The van der Waals surface area contributed by atoms with Crippen molar-refractivity contribution in [3.63, 3.8) is 0 Å². The van der Waals surface area contributed by atoms with Crippen molar-refractivity contribution in [1.29, 1.82) is 0 Å². The average Bonchev–Trinajstić information content (AvgIpc) is 4.43. The van der Waals surface area contributed by atoms with E-state index in [1.54, 1.807) is 23.7 Å². The van der Waals surface area contributed by atoms with Crippen LogP contribution < -0.4 is 71.2 Å². The van der Waals surface area contributed by atoms with Gasteiger partial charge in [0.25, 0.3) is 11.8 Å². The summed E-state index contributed by atoms with van der Waals surface area (Å²) < 4.78 is 0. The molecule has 2 aromatic carbocycles. The van der Waals surface area contributed by atoms with Gasteiger partial charge in [-0.2, -0.15) is 0 Å². The minimum absolute atomic E-state index is 0.00520. The largest absolute Gasteiger partial charge is 0.508 e. The van der Waals surface area contributed by atoms with Crippen molar-refractivity contribution in [2.24, 2.45) is 28.9 Å². The summed E-state index contributed by atoms with van der Waals surface area (Å²) in [6, 6.07) is 7.67. The van der Waals surface area contributed by atoms with E-state index in [9.17, 15) is 43.8 Å². The number of thiazole rings is 2. The number of nitrogen functional groups attached to an aromatic ring is 1. The molecule has 0 aliphatic rings. The Bertz CT molecular complexity index is 3230. The van der Waals surface area contributed by atoms with Gasteiger partial charge in [-0.15, -0.1) is 22.7 Å². The number of nitrogens with zero attached hydrogens (tertiary/aromatic N) is 4. The fourth-order valence-corrected chi connectivity index (χ4v) is 10.6. The summed E-state index contributed by atoms with van der Waals surface area (Å²) in [6.07, 6.45) is 3.96. The van der Waals surface area contributed by atoms with Crippen LogP contribution in [0.25, 0.3) is 21.6 Å². The number of aromatic hydroxyl groups is 1. The number of primary amides is 2. The molecule has 0 spiro atoms. The molecule has 464 valence electrons. The van der Waals surface area contributed by atoms with E-state index >= 15 is 0 Å². The van der Waals surface area contributed by atoms with E-state index in [1.807, 2.05) is 29.6 Å². The Labute approximate surface area is 506 Å². The van der Waals surface area contributed by atoms with Crippen LogP contribution in [0, 0.1) is 12.8 Å². The summed E-state index contributed by atoms with van der Waals surface area (Å²) in [5, 5.41) is 50.9. The monoisotopic (exact) mass is 1220 g/mol. The van der Waals surface area contributed by atoms with Gasteiger partial charge in [-0.1, -0.05) is 37.3 Å². The quantitative estimate of drug-likeness (QED) is 0.0225. The number of carbonyl (C=O) groups excluding carboxylic acids is 7. The molecule has 0 unspecified atom stereocenters. The van der Waals surface area contributed by atoms with Gasteiger partial charge in [0.2, 0.25) is 29.5 Å². The molecule has 0 fully saturated rings. The van der Waals surface area contributed by atoms with Gasteiger partial charge in [0.05, 0.1) is 35.2 Å². The number of aromatic nitrogens is 5. The number of aliphatic hydroxyl groups excluding tert-OH is 1. The van der Waals surface area contributed by atoms with Crippen LogP contribution >= 0.6 is 22.7 Å². The number of aromatic amines is 1. The fourth-order valence-electron chi connectivity index (χ4n) is 9.01. The molecule has 6 rings (SSSR count). The molecule has 0 aliphatic heterocycles. The first-order valence-electron chi connectivity index (χ1n) is 28.4. The first kappa shape index (κ1) is 67.1. The molecule has 0 saturated heterocycles. The second-order valence-electron chi connectivity index (χ2n) is 20.8. The Hall–Kier alpha value is -8.03. The molecule has 4 aromatic heterocycles. The third-order valence-corrected chi connectivity index (χ3v) is 15.9. The van der Waals surface area contributed by atoms with Crippen molar-refractivity contribution in [3.05, 3.63) is 104 Å². The van der Waals surface area contributed by atoms with Gasteiger partial charge in [-0.25, -0.2) is 19.9 Å². The number of aliphatic hydroxyl groups is 1. The standard InChI is InChI=1S/C57H80N18O9S2/c1-31-47(74-51(75-49(31)61)40(26-45(60)77)68-28-38(59)50(62)79)56(84)72-42(25-35-27-67-39-11-5-4-10-37(35)39)55(83)69-33(3)48(78)32(2)52(80)71-41(24-34-12-14-36(76)15-13-34)53(81)66-23-16-46-70-44(30-85-46)57-73-43(29-86-57)54(82)65-22-9-21-64-19-7-6-18-63-20-8-17-58/h4-5,10-15,27,29-30,32-33,38,40-42,48,63-64,67-68,76,78H,6-9,16-26,28,58-59H2,1-3H3,(H2,60,77)(H2,62,79)(H,65,82)(H,66,81)(H,69,83)(H,71,80)(H,72,84)(H2,61,74,75)/t32-,33+,38-,40-,41-,42-,48-/m0/s1. The van der Waals surface area contributed by atoms with Crippen molar-refractivity contribution in [2.75, 3.05) is 58.1 Å². The van der Waals surface area contributed by atoms with Gasteiger partial charge in [0.15, 0.2) is 0 Å². The van der Waals surface area contributed by atoms with E-state index in [-0.39, 0.29) is 66.9 Å². The molecular formula is C57H80N18O9S2. The zero-order valence-corrected chi connectivity index (χ0v) is 50.1. The van der Waals surface area contributed by atoms with Gasteiger partial charge < -0.3 is 86.4 Å². The number of rotatable bonds is 37. The lowest BCUT2D eigenvalue weighted by molar-refractivity contribution is -0.134. The zero-order chi connectivity index (χ0) is 62.3. The Balaban J connectivity index is 1.06. The molecular weight excluding hydrogens is 1140 g/mol. The first-order chi connectivity index (χ1) is 41.2. The summed E-state index contributed by atoms with van der Waals surface area (Å²) in [6.45, 7) is 9.15. The molecule has 86 heavy (non-hydrogen) atoms. The number of hydrogen-bond donors (Lipinski definition) is 16. The number of nitrogens with two attached hydrogens (primary N) is 5. The predicted molar refractivity (Wildman–Crippen MR) is 328 cm³/mol. The number of carbonyl (C=O) groups is 7. The number of anilines is 1. The van der Waals surface area contributed by atoms with Crippen LogP contribution in [0.1, 0.15) is 100 Å². The number of nitrogens with one attached hydrogen (secondary N) is 9. The lowest BCUT2D eigenvalue weighted by atomic mass is 9.96. The maximum absolute atomic E-state index is 14.4. The third-order valence-electron chi connectivity index (χ3n) is 14.1. The van der Waals surface area contributed by atoms with E-state index in [2.05, 4.69) is 62.5 Å². The molecule has 27 nitrogen and oxygen atoms in total. The molecule has 7 amide bonds. The van der Waals surface area contributed by atoms with Crippen LogP contribution in [0.5, 0.6) is 5.75 Å². The molecule has 4 heterocycles. The van der Waals surface area contributed by atoms with Gasteiger partial charge in [-0.05, 0) is 102 Å². The molecule has 0 saturated carbocycles. The second-order valence-corrected chi connectivity index (χ2v) is 22.6. The van der Waals surface area contributed by atoms with Crippen LogP contribution in [-0.2, 0) is 43.2 Å². The Kier molecular flexibility index (Phi) is 26.2. The fraction of sp³-hybridized carbons (Fsp3) is 0.456. The molecule has 6 aromatic rings. The summed E-state index contributed by atoms with van der Waals surface area (Å²) in [5.74, 6) is -6.17. The van der Waals surface area contributed by atoms with Crippen LogP contribution in [0.4, 0.5) is 5.82 Å². The van der Waals surface area contributed by atoms with Gasteiger partial charge in [0.1, 0.15) is 51.6 Å². The van der Waals surface area contributed by atoms with Gasteiger partial charge in [-0.3, -0.25) is 33.6 Å². The van der Waals surface area contributed by atoms with E-state index in [0.29, 0.717) is 52.0 Å². The summed E-state index contributed by atoms with van der Waals surface area (Å²) in [5.41, 5.74) is 31.2. The minimum Gasteiger partial charge on any atom is -0.508 e. The van der Waals surface area contributed by atoms with E-state index in [4.69, 9.17) is 33.7 Å². The average molecular weight is 1230 g/mol. The summed E-state index contributed by atoms with van der Waals surface area (Å²) in [4.78, 5) is 114. The van der Waals surface area contributed by atoms with Gasteiger partial charge >= 0.3 is 0 Å². The maximum atomic E-state index is 14.4.